The van der Waals surface area contributed by atoms with Crippen LogP contribution in [0.15, 0.2) is 58.6 Å². The molecule has 2 N–H and O–H groups in total. The Labute approximate surface area is 180 Å². The Hall–Kier alpha value is -3.40. The molecular formula is C21H17F2N3O4S. The number of hydrogen-bond acceptors (Lipinski definition) is 5. The summed E-state index contributed by atoms with van der Waals surface area (Å²) in [6.07, 6.45) is 1.94. The standard InChI is InChI=1S/C21H17F2N3O4S/c1-31-13-5-2-11(3-6-13)19-18-16(10-30-20(18)28)26(21(29)25-19)9-17(27)24-15-8-12(22)4-7-14(15)23/h2-8,19H,9-10H2,1H3,(H,24,27)(H,25,29)/t19-/m0/s1. The average Bonchev–Trinajstić information content (AvgIpc) is 3.14. The molecule has 2 aliphatic heterocycles. The molecule has 160 valence electrons. The van der Waals surface area contributed by atoms with Gasteiger partial charge in [-0.15, -0.1) is 11.8 Å². The minimum Gasteiger partial charge on any atom is -0.456 e. The van der Waals surface area contributed by atoms with Crippen LogP contribution in [0, 0.1) is 11.6 Å². The van der Waals surface area contributed by atoms with E-state index in [0.29, 0.717) is 5.56 Å². The number of rotatable bonds is 5. The van der Waals surface area contributed by atoms with E-state index in [-0.39, 0.29) is 23.6 Å². The summed E-state index contributed by atoms with van der Waals surface area (Å²) in [6, 6.07) is 8.69. The van der Waals surface area contributed by atoms with Gasteiger partial charge in [0.05, 0.1) is 23.0 Å². The number of cyclic esters (lactones) is 1. The summed E-state index contributed by atoms with van der Waals surface area (Å²) in [5.74, 6) is -2.88. The van der Waals surface area contributed by atoms with Gasteiger partial charge in [0.1, 0.15) is 24.8 Å². The summed E-state index contributed by atoms with van der Waals surface area (Å²) in [7, 11) is 0. The summed E-state index contributed by atoms with van der Waals surface area (Å²) in [5.41, 5.74) is 0.856. The summed E-state index contributed by atoms with van der Waals surface area (Å²) >= 11 is 1.56. The van der Waals surface area contributed by atoms with E-state index in [1.54, 1.807) is 11.8 Å². The Morgan fingerprint density at radius 3 is 2.68 bits per heavy atom. The number of urea groups is 1. The molecule has 0 bridgehead atoms. The van der Waals surface area contributed by atoms with E-state index in [9.17, 15) is 23.2 Å². The summed E-state index contributed by atoms with van der Waals surface area (Å²) in [4.78, 5) is 39.6. The number of amides is 3. The summed E-state index contributed by atoms with van der Waals surface area (Å²) in [6.45, 7) is -0.669. The highest BCUT2D eigenvalue weighted by Crippen LogP contribution is 2.35. The van der Waals surface area contributed by atoms with Crippen molar-refractivity contribution in [3.63, 3.8) is 0 Å². The third kappa shape index (κ3) is 4.11. The van der Waals surface area contributed by atoms with Crippen molar-refractivity contribution in [2.45, 2.75) is 10.9 Å². The molecule has 10 heteroatoms. The molecule has 3 amide bonds. The van der Waals surface area contributed by atoms with Gasteiger partial charge in [-0.3, -0.25) is 9.69 Å². The molecule has 0 radical (unpaired) electrons. The molecule has 31 heavy (non-hydrogen) atoms. The largest absolute Gasteiger partial charge is 0.456 e. The Morgan fingerprint density at radius 2 is 1.97 bits per heavy atom. The third-order valence-corrected chi connectivity index (χ3v) is 5.70. The van der Waals surface area contributed by atoms with Crippen LogP contribution in [0.1, 0.15) is 11.6 Å². The average molecular weight is 445 g/mol. The number of benzene rings is 2. The molecule has 0 fully saturated rings. The molecule has 2 heterocycles. The van der Waals surface area contributed by atoms with Gasteiger partial charge in [-0.1, -0.05) is 12.1 Å². The van der Waals surface area contributed by atoms with Crippen molar-refractivity contribution in [1.82, 2.24) is 10.2 Å². The Morgan fingerprint density at radius 1 is 1.23 bits per heavy atom. The molecule has 0 aliphatic carbocycles. The highest BCUT2D eigenvalue weighted by molar-refractivity contribution is 7.98. The molecule has 0 saturated carbocycles. The number of halogens is 2. The number of hydrogen-bond donors (Lipinski definition) is 2. The molecule has 2 aromatic rings. The topological polar surface area (TPSA) is 87.7 Å². The number of ether oxygens (including phenoxy) is 1. The van der Waals surface area contributed by atoms with Crippen LogP contribution < -0.4 is 10.6 Å². The van der Waals surface area contributed by atoms with E-state index >= 15 is 0 Å². The van der Waals surface area contributed by atoms with Gasteiger partial charge >= 0.3 is 12.0 Å². The van der Waals surface area contributed by atoms with Gasteiger partial charge in [0.15, 0.2) is 0 Å². The van der Waals surface area contributed by atoms with Crippen molar-refractivity contribution < 1.29 is 27.9 Å². The molecule has 0 saturated heterocycles. The molecule has 0 unspecified atom stereocenters. The van der Waals surface area contributed by atoms with Gasteiger partial charge < -0.3 is 15.4 Å². The lowest BCUT2D eigenvalue weighted by molar-refractivity contribution is -0.136. The van der Waals surface area contributed by atoms with E-state index in [1.807, 2.05) is 30.5 Å². The van der Waals surface area contributed by atoms with E-state index in [1.165, 1.54) is 0 Å². The molecule has 1 atom stereocenters. The van der Waals surface area contributed by atoms with Crippen molar-refractivity contribution >= 4 is 35.4 Å². The molecule has 0 aromatic heterocycles. The van der Waals surface area contributed by atoms with Crippen LogP contribution in [-0.4, -0.2) is 42.2 Å². The molecular weight excluding hydrogens is 428 g/mol. The highest BCUT2D eigenvalue weighted by atomic mass is 32.2. The predicted molar refractivity (Wildman–Crippen MR) is 109 cm³/mol. The lowest BCUT2D eigenvalue weighted by Crippen LogP contribution is -2.49. The zero-order valence-electron chi connectivity index (χ0n) is 16.3. The monoisotopic (exact) mass is 445 g/mol. The Balaban J connectivity index is 1.59. The van der Waals surface area contributed by atoms with Crippen LogP contribution in [0.3, 0.4) is 0 Å². The van der Waals surface area contributed by atoms with Gasteiger partial charge in [0.2, 0.25) is 5.91 Å². The van der Waals surface area contributed by atoms with Crippen LogP contribution in [0.5, 0.6) is 0 Å². The highest BCUT2D eigenvalue weighted by Gasteiger charge is 2.42. The smallest absolute Gasteiger partial charge is 0.338 e. The first kappa shape index (κ1) is 20.9. The predicted octanol–water partition coefficient (Wildman–Crippen LogP) is 3.20. The second-order valence-electron chi connectivity index (χ2n) is 6.85. The number of carbonyl (C=O) groups is 3. The van der Waals surface area contributed by atoms with Crippen molar-refractivity contribution in [1.29, 1.82) is 0 Å². The Bertz CT molecular complexity index is 1100. The molecule has 7 nitrogen and oxygen atoms in total. The number of thioether (sulfide) groups is 1. The van der Waals surface area contributed by atoms with Crippen LogP contribution >= 0.6 is 11.8 Å². The molecule has 0 spiro atoms. The Kier molecular flexibility index (Phi) is 5.64. The second kappa shape index (κ2) is 8.38. The minimum atomic E-state index is -0.814. The van der Waals surface area contributed by atoms with E-state index in [2.05, 4.69) is 10.6 Å². The fourth-order valence-corrected chi connectivity index (χ4v) is 3.86. The van der Waals surface area contributed by atoms with Crippen molar-refractivity contribution in [3.05, 3.63) is 70.9 Å². The third-order valence-electron chi connectivity index (χ3n) is 4.95. The van der Waals surface area contributed by atoms with Gasteiger partial charge in [0.25, 0.3) is 0 Å². The zero-order valence-corrected chi connectivity index (χ0v) is 17.1. The maximum absolute atomic E-state index is 13.8. The fourth-order valence-electron chi connectivity index (χ4n) is 3.45. The van der Waals surface area contributed by atoms with Crippen molar-refractivity contribution in [2.24, 2.45) is 0 Å². The maximum Gasteiger partial charge on any atom is 0.338 e. The molecule has 4 rings (SSSR count). The number of carbonyl (C=O) groups excluding carboxylic acids is 3. The van der Waals surface area contributed by atoms with Gasteiger partial charge in [-0.05, 0) is 36.1 Å². The first-order chi connectivity index (χ1) is 14.9. The normalized spacial score (nSPS) is 17.9. The second-order valence-corrected chi connectivity index (χ2v) is 7.73. The van der Waals surface area contributed by atoms with E-state index in [4.69, 9.17) is 4.74 Å². The van der Waals surface area contributed by atoms with Crippen LogP contribution in [0.4, 0.5) is 19.3 Å². The van der Waals surface area contributed by atoms with E-state index < -0.39 is 42.1 Å². The molecule has 2 aromatic carbocycles. The number of esters is 1. The first-order valence-electron chi connectivity index (χ1n) is 9.24. The van der Waals surface area contributed by atoms with Gasteiger partial charge in [-0.2, -0.15) is 0 Å². The zero-order chi connectivity index (χ0) is 22.1. The summed E-state index contributed by atoms with van der Waals surface area (Å²) in [5, 5.41) is 4.96. The van der Waals surface area contributed by atoms with E-state index in [0.717, 1.165) is 28.0 Å². The van der Waals surface area contributed by atoms with Gasteiger partial charge in [0, 0.05) is 11.0 Å². The van der Waals surface area contributed by atoms with Crippen molar-refractivity contribution in [2.75, 3.05) is 24.7 Å². The first-order valence-corrected chi connectivity index (χ1v) is 10.5. The lowest BCUT2D eigenvalue weighted by Gasteiger charge is -2.32. The molecule has 2 aliphatic rings. The fraction of sp³-hybridized carbons (Fsp3) is 0.190. The minimum absolute atomic E-state index is 0.164. The summed E-state index contributed by atoms with van der Waals surface area (Å²) < 4.78 is 32.2. The van der Waals surface area contributed by atoms with Gasteiger partial charge in [-0.25, -0.2) is 18.4 Å². The maximum atomic E-state index is 13.8. The lowest BCUT2D eigenvalue weighted by atomic mass is 9.96. The number of anilines is 1. The SMILES string of the molecule is CSc1ccc([C@@H]2NC(=O)N(CC(=O)Nc3cc(F)ccc3F)C3=C2C(=O)OC3)cc1. The number of nitrogens with one attached hydrogen (secondary N) is 2. The van der Waals surface area contributed by atoms with Crippen LogP contribution in [-0.2, 0) is 14.3 Å². The van der Waals surface area contributed by atoms with Crippen LogP contribution in [0.25, 0.3) is 0 Å². The quantitative estimate of drug-likeness (QED) is 0.545. The van der Waals surface area contributed by atoms with Crippen LogP contribution in [0.2, 0.25) is 0 Å². The van der Waals surface area contributed by atoms with Crippen molar-refractivity contribution in [3.8, 4) is 0 Å². The number of nitrogens with zero attached hydrogens (tertiary/aromatic N) is 1.